The van der Waals surface area contributed by atoms with Crippen LogP contribution in [0.2, 0.25) is 0 Å². The number of benzene rings is 1. The van der Waals surface area contributed by atoms with Crippen LogP contribution in [-0.4, -0.2) is 17.9 Å². The van der Waals surface area contributed by atoms with E-state index in [0.717, 1.165) is 6.07 Å². The van der Waals surface area contributed by atoms with E-state index in [1.54, 1.807) is 0 Å². The van der Waals surface area contributed by atoms with Gasteiger partial charge in [0.1, 0.15) is 23.7 Å². The van der Waals surface area contributed by atoms with Crippen molar-refractivity contribution < 1.29 is 36.7 Å². The highest BCUT2D eigenvalue weighted by molar-refractivity contribution is 5.91. The molecule has 0 saturated carbocycles. The summed E-state index contributed by atoms with van der Waals surface area (Å²) in [6.07, 6.45) is -3.00. The van der Waals surface area contributed by atoms with Gasteiger partial charge in [-0.25, -0.2) is 18.0 Å². The predicted molar refractivity (Wildman–Crippen MR) is 72.0 cm³/mol. The summed E-state index contributed by atoms with van der Waals surface area (Å²) < 4.78 is 59.0. The maximum atomic E-state index is 13.6. The number of esters is 1. The van der Waals surface area contributed by atoms with Crippen LogP contribution in [0.3, 0.4) is 0 Å². The molecular weight excluding hydrogens is 331 g/mol. The number of hydrogen-bond donors (Lipinski definition) is 0. The van der Waals surface area contributed by atoms with Gasteiger partial charge in [0.2, 0.25) is 5.76 Å². The van der Waals surface area contributed by atoms with Crippen molar-refractivity contribution in [3.05, 3.63) is 46.1 Å². The molecule has 0 saturated heterocycles. The van der Waals surface area contributed by atoms with Crippen LogP contribution < -0.4 is 4.74 Å². The van der Waals surface area contributed by atoms with Crippen LogP contribution in [0.25, 0.3) is 0 Å². The molecule has 24 heavy (non-hydrogen) atoms. The molecule has 2 heterocycles. The van der Waals surface area contributed by atoms with Crippen molar-refractivity contribution in [2.45, 2.75) is 26.6 Å². The third kappa shape index (κ3) is 3.07. The summed E-state index contributed by atoms with van der Waals surface area (Å²) in [7, 11) is 0. The van der Waals surface area contributed by atoms with Crippen LogP contribution in [-0.2, 0) is 22.7 Å². The van der Waals surface area contributed by atoms with Crippen LogP contribution in [0.5, 0.6) is 5.75 Å². The van der Waals surface area contributed by atoms with Crippen LogP contribution >= 0.6 is 0 Å². The Morgan fingerprint density at radius 2 is 2.21 bits per heavy atom. The molecular formula is C15H12F3NO5. The Kier molecular flexibility index (Phi) is 4.43. The molecule has 0 spiro atoms. The molecule has 2 aromatic rings. The lowest BCUT2D eigenvalue weighted by molar-refractivity contribution is -0.0183. The Hall–Kier alpha value is -2.55. The molecule has 0 atom stereocenters. The maximum Gasteiger partial charge on any atom is 0.344 e. The first-order chi connectivity index (χ1) is 11.5. The smallest absolute Gasteiger partial charge is 0.344 e. The molecule has 3 rings (SSSR count). The Balaban J connectivity index is 1.81. The van der Waals surface area contributed by atoms with Crippen molar-refractivity contribution >= 4 is 5.97 Å². The number of carbonyl (C=O) groups excluding carboxylic acids is 1. The molecule has 1 aliphatic rings. The largest absolute Gasteiger partial charge is 0.467 e. The van der Waals surface area contributed by atoms with Crippen LogP contribution in [0, 0.1) is 12.7 Å². The molecule has 1 aliphatic heterocycles. The monoisotopic (exact) mass is 343 g/mol. The summed E-state index contributed by atoms with van der Waals surface area (Å²) in [5, 5.41) is 3.34. The Morgan fingerprint density at radius 1 is 1.42 bits per heavy atom. The fourth-order valence-electron chi connectivity index (χ4n) is 2.36. The lowest BCUT2D eigenvalue weighted by Gasteiger charge is -2.20. The van der Waals surface area contributed by atoms with E-state index in [9.17, 15) is 18.0 Å². The highest BCUT2D eigenvalue weighted by atomic mass is 19.3. The summed E-state index contributed by atoms with van der Waals surface area (Å²) in [5.41, 5.74) is 0.303. The third-order valence-electron chi connectivity index (χ3n) is 3.40. The number of fused-ring (bicyclic) bond motifs is 1. The highest BCUT2D eigenvalue weighted by Gasteiger charge is 2.28. The number of alkyl halides is 2. The molecule has 9 heteroatoms. The summed E-state index contributed by atoms with van der Waals surface area (Å²) in [6, 6.07) is 2.39. The van der Waals surface area contributed by atoms with Crippen molar-refractivity contribution in [3.63, 3.8) is 0 Å². The molecule has 0 amide bonds. The first-order valence-electron chi connectivity index (χ1n) is 6.90. The van der Waals surface area contributed by atoms with E-state index in [1.165, 1.54) is 13.0 Å². The minimum absolute atomic E-state index is 0.0128. The van der Waals surface area contributed by atoms with Gasteiger partial charge in [-0.2, -0.15) is 0 Å². The SMILES string of the molecule is Cc1noc(C(F)F)c1C(=O)OCc1cc(F)cc2c1OCOC2. The lowest BCUT2D eigenvalue weighted by atomic mass is 10.1. The van der Waals surface area contributed by atoms with Gasteiger partial charge in [0.25, 0.3) is 6.43 Å². The normalized spacial score (nSPS) is 13.5. The Labute approximate surface area is 134 Å². The minimum atomic E-state index is -3.00. The molecule has 0 N–H and O–H groups in total. The molecule has 0 fully saturated rings. The van der Waals surface area contributed by atoms with E-state index in [1.807, 2.05) is 0 Å². The van der Waals surface area contributed by atoms with Crippen molar-refractivity contribution in [1.82, 2.24) is 5.16 Å². The summed E-state index contributed by atoms with van der Waals surface area (Å²) in [5.74, 6) is -2.09. The quantitative estimate of drug-likeness (QED) is 0.794. The van der Waals surface area contributed by atoms with Gasteiger partial charge < -0.3 is 18.7 Å². The third-order valence-corrected chi connectivity index (χ3v) is 3.40. The fraction of sp³-hybridized carbons (Fsp3) is 0.333. The molecule has 0 unspecified atom stereocenters. The van der Waals surface area contributed by atoms with E-state index in [4.69, 9.17) is 14.2 Å². The van der Waals surface area contributed by atoms with E-state index < -0.39 is 29.5 Å². The number of halogens is 3. The van der Waals surface area contributed by atoms with E-state index >= 15 is 0 Å². The maximum absolute atomic E-state index is 13.6. The second-order valence-corrected chi connectivity index (χ2v) is 5.05. The zero-order chi connectivity index (χ0) is 17.3. The summed E-state index contributed by atoms with van der Waals surface area (Å²) in [6.45, 7) is 1.14. The number of ether oxygens (including phenoxy) is 3. The van der Waals surface area contributed by atoms with Gasteiger partial charge in [-0.1, -0.05) is 5.16 Å². The van der Waals surface area contributed by atoms with Gasteiger partial charge in [0.15, 0.2) is 6.79 Å². The van der Waals surface area contributed by atoms with E-state index in [0.29, 0.717) is 11.3 Å². The number of nitrogens with zero attached hydrogens (tertiary/aromatic N) is 1. The van der Waals surface area contributed by atoms with Gasteiger partial charge in [-0.05, 0) is 19.1 Å². The van der Waals surface area contributed by atoms with E-state index in [-0.39, 0.29) is 31.3 Å². The van der Waals surface area contributed by atoms with Gasteiger partial charge in [-0.15, -0.1) is 0 Å². The summed E-state index contributed by atoms with van der Waals surface area (Å²) in [4.78, 5) is 12.1. The van der Waals surface area contributed by atoms with Crippen molar-refractivity contribution in [1.29, 1.82) is 0 Å². The van der Waals surface area contributed by atoms with Crippen molar-refractivity contribution in [2.24, 2.45) is 0 Å². The molecule has 0 bridgehead atoms. The lowest BCUT2D eigenvalue weighted by Crippen LogP contribution is -2.15. The molecule has 0 aliphatic carbocycles. The van der Waals surface area contributed by atoms with Gasteiger partial charge in [-0.3, -0.25) is 0 Å². The number of hydrogen-bond acceptors (Lipinski definition) is 6. The molecule has 1 aromatic carbocycles. The van der Waals surface area contributed by atoms with Gasteiger partial charge in [0, 0.05) is 11.1 Å². The standard InChI is InChI=1S/C15H12F3NO5/c1-7-11(13(14(17)18)24-19-7)15(20)22-5-9-3-10(16)2-8-4-21-6-23-12(8)9/h2-3,14H,4-6H2,1H3. The zero-order valence-corrected chi connectivity index (χ0v) is 12.5. The second kappa shape index (κ2) is 6.52. The number of carbonyl (C=O) groups is 1. The number of aryl methyl sites for hydroxylation is 1. The number of rotatable bonds is 4. The minimum Gasteiger partial charge on any atom is -0.467 e. The van der Waals surface area contributed by atoms with Crippen LogP contribution in [0.4, 0.5) is 13.2 Å². The molecule has 128 valence electrons. The predicted octanol–water partition coefficient (Wildman–Crippen LogP) is 3.28. The highest BCUT2D eigenvalue weighted by Crippen LogP contribution is 2.31. The topological polar surface area (TPSA) is 70.8 Å². The van der Waals surface area contributed by atoms with Crippen LogP contribution in [0.15, 0.2) is 16.7 Å². The molecule has 0 radical (unpaired) electrons. The van der Waals surface area contributed by atoms with Crippen molar-refractivity contribution in [3.8, 4) is 5.75 Å². The zero-order valence-electron chi connectivity index (χ0n) is 12.5. The van der Waals surface area contributed by atoms with E-state index in [2.05, 4.69) is 9.68 Å². The molecule has 6 nitrogen and oxygen atoms in total. The first kappa shape index (κ1) is 16.3. The van der Waals surface area contributed by atoms with Crippen molar-refractivity contribution in [2.75, 3.05) is 6.79 Å². The average Bonchev–Trinajstić information content (AvgIpc) is 2.94. The number of aromatic nitrogens is 1. The first-order valence-corrected chi connectivity index (χ1v) is 6.90. The fourth-order valence-corrected chi connectivity index (χ4v) is 2.36. The second-order valence-electron chi connectivity index (χ2n) is 5.05. The summed E-state index contributed by atoms with van der Waals surface area (Å²) >= 11 is 0. The van der Waals surface area contributed by atoms with Gasteiger partial charge >= 0.3 is 5.97 Å². The molecule has 1 aromatic heterocycles. The Bertz CT molecular complexity index is 775. The van der Waals surface area contributed by atoms with Gasteiger partial charge in [0.05, 0.1) is 12.3 Å². The van der Waals surface area contributed by atoms with Crippen LogP contribution in [0.1, 0.15) is 39.4 Å². The average molecular weight is 343 g/mol. The Morgan fingerprint density at radius 3 is 2.96 bits per heavy atom.